The molecule has 1 aromatic carbocycles. The second kappa shape index (κ2) is 6.20. The highest BCUT2D eigenvalue weighted by Crippen LogP contribution is 2.39. The number of carbonyl (C=O) groups excluding carboxylic acids is 1. The maximum Gasteiger partial charge on any atom is 0.417 e. The first-order valence-electron chi connectivity index (χ1n) is 6.98. The predicted octanol–water partition coefficient (Wildman–Crippen LogP) is 3.40. The summed E-state index contributed by atoms with van der Waals surface area (Å²) in [5.74, 6) is -0.613. The molecule has 0 saturated carbocycles. The summed E-state index contributed by atoms with van der Waals surface area (Å²) in [7, 11) is 1.68. The topological polar surface area (TPSA) is 85.8 Å². The van der Waals surface area contributed by atoms with E-state index in [1.807, 2.05) is 0 Å². The first-order valence-corrected chi connectivity index (χ1v) is 7.80. The molecule has 0 saturated heterocycles. The van der Waals surface area contributed by atoms with Crippen molar-refractivity contribution in [2.45, 2.75) is 6.18 Å². The van der Waals surface area contributed by atoms with Crippen LogP contribution >= 0.6 is 11.3 Å². The Kier molecular flexibility index (Phi) is 4.21. The van der Waals surface area contributed by atoms with Crippen molar-refractivity contribution in [3.8, 4) is 10.6 Å². The first kappa shape index (κ1) is 17.0. The van der Waals surface area contributed by atoms with Crippen LogP contribution in [0.25, 0.3) is 10.6 Å². The van der Waals surface area contributed by atoms with Crippen LogP contribution in [0.3, 0.4) is 0 Å². The van der Waals surface area contributed by atoms with Crippen LogP contribution in [0.1, 0.15) is 16.1 Å². The summed E-state index contributed by atoms with van der Waals surface area (Å²) in [5.41, 5.74) is 5.15. The second-order valence-electron chi connectivity index (χ2n) is 5.13. The number of thiazole rings is 1. The molecule has 3 aromatic rings. The Morgan fingerprint density at radius 3 is 2.68 bits per heavy atom. The number of nitrogens with zero attached hydrogens (tertiary/aromatic N) is 3. The van der Waals surface area contributed by atoms with Gasteiger partial charge in [0.2, 0.25) is 0 Å². The molecule has 0 spiro atoms. The third-order valence-corrected chi connectivity index (χ3v) is 4.21. The van der Waals surface area contributed by atoms with Crippen molar-refractivity contribution in [1.82, 2.24) is 14.8 Å². The minimum absolute atomic E-state index is 0.0294. The quantitative estimate of drug-likeness (QED) is 0.743. The van der Waals surface area contributed by atoms with Crippen molar-refractivity contribution in [2.75, 3.05) is 11.1 Å². The maximum absolute atomic E-state index is 13.1. The van der Waals surface area contributed by atoms with E-state index in [1.165, 1.54) is 29.1 Å². The van der Waals surface area contributed by atoms with E-state index in [0.29, 0.717) is 5.69 Å². The fourth-order valence-electron chi connectivity index (χ4n) is 2.20. The number of anilines is 2. The van der Waals surface area contributed by atoms with Gasteiger partial charge in [0.05, 0.1) is 17.4 Å². The molecule has 0 bridgehead atoms. The molecule has 6 nitrogen and oxygen atoms in total. The van der Waals surface area contributed by atoms with Crippen LogP contribution in [0.2, 0.25) is 0 Å². The molecule has 130 valence electrons. The molecule has 0 aliphatic carbocycles. The number of hydrogen-bond acceptors (Lipinski definition) is 5. The highest BCUT2D eigenvalue weighted by molar-refractivity contribution is 7.19. The highest BCUT2D eigenvalue weighted by Gasteiger charge is 2.34. The van der Waals surface area contributed by atoms with Gasteiger partial charge in [0, 0.05) is 18.8 Å². The highest BCUT2D eigenvalue weighted by atomic mass is 32.1. The van der Waals surface area contributed by atoms with Gasteiger partial charge in [-0.15, -0.1) is 0 Å². The van der Waals surface area contributed by atoms with Gasteiger partial charge in [-0.05, 0) is 6.07 Å². The minimum atomic E-state index is -4.53. The molecule has 0 fully saturated rings. The Balaban J connectivity index is 1.95. The zero-order chi connectivity index (χ0) is 18.2. The minimum Gasteiger partial charge on any atom is -0.389 e. The van der Waals surface area contributed by atoms with E-state index >= 15 is 0 Å². The van der Waals surface area contributed by atoms with E-state index in [-0.39, 0.29) is 21.3 Å². The number of halogens is 3. The fourth-order valence-corrected chi connectivity index (χ4v) is 3.07. The molecule has 0 atom stereocenters. The van der Waals surface area contributed by atoms with Gasteiger partial charge in [-0.3, -0.25) is 9.48 Å². The van der Waals surface area contributed by atoms with Crippen molar-refractivity contribution in [1.29, 1.82) is 0 Å². The molecular formula is C15H12F3N5OS. The second-order valence-corrected chi connectivity index (χ2v) is 6.16. The lowest BCUT2D eigenvalue weighted by molar-refractivity contribution is -0.137. The molecule has 2 aromatic heterocycles. The Bertz CT molecular complexity index is 931. The number of aromatic nitrogens is 3. The molecule has 3 N–H and O–H groups in total. The van der Waals surface area contributed by atoms with Gasteiger partial charge in [0.25, 0.3) is 5.91 Å². The van der Waals surface area contributed by atoms with Crippen molar-refractivity contribution >= 4 is 27.9 Å². The van der Waals surface area contributed by atoms with E-state index < -0.39 is 17.6 Å². The smallest absolute Gasteiger partial charge is 0.389 e. The van der Waals surface area contributed by atoms with Crippen LogP contribution in [-0.4, -0.2) is 20.7 Å². The van der Waals surface area contributed by atoms with Crippen LogP contribution < -0.4 is 11.1 Å². The van der Waals surface area contributed by atoms with Gasteiger partial charge in [-0.2, -0.15) is 18.3 Å². The van der Waals surface area contributed by atoms with E-state index in [0.717, 1.165) is 17.4 Å². The summed E-state index contributed by atoms with van der Waals surface area (Å²) in [4.78, 5) is 16.3. The number of nitrogen functional groups attached to an aromatic ring is 1. The van der Waals surface area contributed by atoms with Crippen LogP contribution in [0, 0.1) is 0 Å². The van der Waals surface area contributed by atoms with Gasteiger partial charge in [-0.25, -0.2) is 4.98 Å². The number of rotatable bonds is 3. The molecule has 0 aliphatic rings. The standard InChI is InChI=1S/C15H12F3N5OS/c1-23-7-8(6-20-23)21-13(24)11-12(19)25-14(22-11)9-4-2-3-5-10(9)15(16,17)18/h2-7H,19H2,1H3,(H,21,24). The molecule has 2 heterocycles. The average molecular weight is 367 g/mol. The Morgan fingerprint density at radius 1 is 1.32 bits per heavy atom. The Morgan fingerprint density at radius 2 is 2.04 bits per heavy atom. The van der Waals surface area contributed by atoms with E-state index in [1.54, 1.807) is 13.2 Å². The van der Waals surface area contributed by atoms with Crippen molar-refractivity contribution in [2.24, 2.45) is 7.05 Å². The van der Waals surface area contributed by atoms with Crippen molar-refractivity contribution in [3.05, 3.63) is 47.9 Å². The molecule has 0 radical (unpaired) electrons. The normalized spacial score (nSPS) is 11.5. The largest absolute Gasteiger partial charge is 0.417 e. The number of aryl methyl sites for hydroxylation is 1. The van der Waals surface area contributed by atoms with E-state index in [4.69, 9.17) is 5.73 Å². The van der Waals surface area contributed by atoms with Gasteiger partial charge in [0.1, 0.15) is 10.0 Å². The summed E-state index contributed by atoms with van der Waals surface area (Å²) in [5, 5.41) is 6.52. The van der Waals surface area contributed by atoms with Crippen LogP contribution in [0.15, 0.2) is 36.7 Å². The number of nitrogens with two attached hydrogens (primary N) is 1. The molecular weight excluding hydrogens is 355 g/mol. The lowest BCUT2D eigenvalue weighted by Gasteiger charge is -2.10. The average Bonchev–Trinajstić information content (AvgIpc) is 3.12. The third kappa shape index (κ3) is 3.48. The summed E-state index contributed by atoms with van der Waals surface area (Å²) < 4.78 is 40.9. The number of benzene rings is 1. The monoisotopic (exact) mass is 367 g/mol. The van der Waals surface area contributed by atoms with Crippen molar-refractivity contribution in [3.63, 3.8) is 0 Å². The summed E-state index contributed by atoms with van der Waals surface area (Å²) in [6, 6.07) is 5.02. The van der Waals surface area contributed by atoms with Crippen molar-refractivity contribution < 1.29 is 18.0 Å². The lowest BCUT2D eigenvalue weighted by atomic mass is 10.1. The molecule has 1 amide bonds. The van der Waals surface area contributed by atoms with Crippen LogP contribution in [0.5, 0.6) is 0 Å². The summed E-state index contributed by atoms with van der Waals surface area (Å²) >= 11 is 0.827. The lowest BCUT2D eigenvalue weighted by Crippen LogP contribution is -2.13. The zero-order valence-corrected chi connectivity index (χ0v) is 13.6. The van der Waals surface area contributed by atoms with Gasteiger partial charge < -0.3 is 11.1 Å². The molecule has 3 rings (SSSR count). The summed E-state index contributed by atoms with van der Waals surface area (Å²) in [6.45, 7) is 0. The number of amides is 1. The fraction of sp³-hybridized carbons (Fsp3) is 0.133. The number of nitrogens with one attached hydrogen (secondary N) is 1. The molecule has 0 unspecified atom stereocenters. The molecule has 25 heavy (non-hydrogen) atoms. The van der Waals surface area contributed by atoms with Gasteiger partial charge in [0.15, 0.2) is 5.69 Å². The Hall–Kier alpha value is -2.88. The van der Waals surface area contributed by atoms with Crippen LogP contribution in [-0.2, 0) is 13.2 Å². The van der Waals surface area contributed by atoms with Gasteiger partial charge in [-0.1, -0.05) is 29.5 Å². The maximum atomic E-state index is 13.1. The number of carbonyl (C=O) groups is 1. The first-order chi connectivity index (χ1) is 11.8. The predicted molar refractivity (Wildman–Crippen MR) is 88.1 cm³/mol. The van der Waals surface area contributed by atoms with Gasteiger partial charge >= 0.3 is 6.18 Å². The SMILES string of the molecule is Cn1cc(NC(=O)c2nc(-c3ccccc3C(F)(F)F)sc2N)cn1. The zero-order valence-electron chi connectivity index (χ0n) is 12.8. The Labute approximate surface area is 144 Å². The summed E-state index contributed by atoms with van der Waals surface area (Å²) in [6.07, 6.45) is -1.53. The van der Waals surface area contributed by atoms with E-state index in [2.05, 4.69) is 15.4 Å². The van der Waals surface area contributed by atoms with Crippen LogP contribution in [0.4, 0.5) is 23.9 Å². The number of alkyl halides is 3. The molecule has 0 aliphatic heterocycles. The van der Waals surface area contributed by atoms with E-state index in [9.17, 15) is 18.0 Å². The third-order valence-electron chi connectivity index (χ3n) is 3.29. The molecule has 10 heteroatoms. The number of hydrogen-bond donors (Lipinski definition) is 2.